The molecule has 0 aliphatic carbocycles. The van der Waals surface area contributed by atoms with Gasteiger partial charge in [-0.15, -0.1) is 0 Å². The number of hydrogen-bond donors (Lipinski definition) is 0. The Balaban J connectivity index is 1.87. The van der Waals surface area contributed by atoms with E-state index in [1.54, 1.807) is 21.3 Å². The number of rotatable bonds is 6. The third-order valence-electron chi connectivity index (χ3n) is 4.95. The predicted molar refractivity (Wildman–Crippen MR) is 118 cm³/mol. The van der Waals surface area contributed by atoms with Crippen molar-refractivity contribution in [2.24, 2.45) is 0 Å². The number of benzene rings is 3. The molecule has 0 atom stereocenters. The fourth-order valence-corrected chi connectivity index (χ4v) is 6.06. The average molecular weight is 491 g/mol. The Morgan fingerprint density at radius 1 is 0.600 bits per heavy atom. The van der Waals surface area contributed by atoms with Gasteiger partial charge in [-0.25, -0.2) is 0 Å². The van der Waals surface area contributed by atoms with E-state index in [-0.39, 0.29) is 16.7 Å². The normalized spacial score (nSPS) is 13.5. The van der Waals surface area contributed by atoms with Crippen molar-refractivity contribution in [2.75, 3.05) is 44.2 Å². The summed E-state index contributed by atoms with van der Waals surface area (Å²) in [5.41, 5.74) is 2.16. The van der Waals surface area contributed by atoms with E-state index in [9.17, 15) is 0 Å². The first-order chi connectivity index (χ1) is 14.8. The summed E-state index contributed by atoms with van der Waals surface area (Å²) in [4.78, 5) is 4.74. The quantitative estimate of drug-likeness (QED) is 0.494. The Morgan fingerprint density at radius 3 is 1.53 bits per heavy atom. The van der Waals surface area contributed by atoms with Gasteiger partial charge in [0.05, 0.1) is 0 Å². The van der Waals surface area contributed by atoms with Crippen LogP contribution in [0.5, 0.6) is 17.2 Å². The summed E-state index contributed by atoms with van der Waals surface area (Å²) in [5, 5.41) is 0. The van der Waals surface area contributed by atoms with Crippen LogP contribution in [0.15, 0.2) is 72.8 Å². The maximum atomic E-state index is 5.67. The van der Waals surface area contributed by atoms with Crippen LogP contribution in [0.3, 0.4) is 0 Å². The molecular weight excluding hydrogens is 465 g/mol. The fourth-order valence-electron chi connectivity index (χ4n) is 3.52. The number of anilines is 2. The van der Waals surface area contributed by atoms with E-state index in [0.29, 0.717) is 0 Å². The number of ether oxygens (including phenoxy) is 3. The number of hydrogen-bond acceptors (Lipinski definition) is 5. The zero-order valence-corrected chi connectivity index (χ0v) is 19.1. The Bertz CT molecular complexity index is 996. The van der Waals surface area contributed by atoms with Crippen LogP contribution in [0.2, 0.25) is 0 Å². The molecule has 1 aliphatic rings. The summed E-state index contributed by atoms with van der Waals surface area (Å²) in [6.07, 6.45) is 0. The van der Waals surface area contributed by atoms with Crippen LogP contribution in [-0.4, -0.2) is 38.8 Å². The molecule has 0 radical (unpaired) electrons. The minimum atomic E-state index is -0.311. The Morgan fingerprint density at radius 2 is 1.03 bits per heavy atom. The number of nitrogens with zero attached hydrogens (tertiary/aromatic N) is 2. The van der Waals surface area contributed by atoms with Gasteiger partial charge in [0, 0.05) is 0 Å². The fraction of sp³-hybridized carbons (Fsp3) is 0.208. The summed E-state index contributed by atoms with van der Waals surface area (Å²) in [6, 6.07) is 24.6. The first-order valence-electron chi connectivity index (χ1n) is 9.70. The minimum absolute atomic E-state index is 0.311. The molecule has 0 unspecified atom stereocenters. The number of methoxy groups -OCH3 is 3. The van der Waals surface area contributed by atoms with Gasteiger partial charge in [0.1, 0.15) is 0 Å². The van der Waals surface area contributed by atoms with Crippen molar-refractivity contribution in [2.45, 2.75) is 0 Å². The van der Waals surface area contributed by atoms with Gasteiger partial charge >= 0.3 is 185 Å². The monoisotopic (exact) mass is 491 g/mol. The zero-order valence-electron chi connectivity index (χ0n) is 17.3. The van der Waals surface area contributed by atoms with Gasteiger partial charge in [-0.2, -0.15) is 0 Å². The van der Waals surface area contributed by atoms with Gasteiger partial charge in [0.25, 0.3) is 0 Å². The summed E-state index contributed by atoms with van der Waals surface area (Å²) in [5.74, 6) is 2.67. The molecule has 30 heavy (non-hydrogen) atoms. The van der Waals surface area contributed by atoms with E-state index < -0.39 is 0 Å². The second-order valence-corrected chi connectivity index (χ2v) is 8.76. The Labute approximate surface area is 184 Å². The SMILES string of the molecule is COc1cccc[c]1[Ru]=[C]1N(c2ccccc2OC)CCN1c1ccccc1OC. The van der Waals surface area contributed by atoms with Crippen LogP contribution >= 0.6 is 0 Å². The van der Waals surface area contributed by atoms with Crippen molar-refractivity contribution >= 4 is 19.9 Å². The second kappa shape index (κ2) is 9.31. The molecule has 1 fully saturated rings. The Kier molecular flexibility index (Phi) is 6.34. The molecular formula is C24H25N2O3Ru. The third-order valence-corrected chi connectivity index (χ3v) is 7.47. The molecule has 1 heterocycles. The van der Waals surface area contributed by atoms with Crippen molar-refractivity contribution < 1.29 is 30.9 Å². The average Bonchev–Trinajstić information content (AvgIpc) is 3.22. The molecule has 4 rings (SSSR count). The molecule has 0 bridgehead atoms. The van der Waals surface area contributed by atoms with Gasteiger partial charge in [-0.3, -0.25) is 0 Å². The van der Waals surface area contributed by atoms with E-state index in [0.717, 1.165) is 41.7 Å². The van der Waals surface area contributed by atoms with Gasteiger partial charge in [-0.1, -0.05) is 0 Å². The van der Waals surface area contributed by atoms with Crippen LogP contribution in [-0.2, 0) is 16.7 Å². The molecule has 0 spiro atoms. The topological polar surface area (TPSA) is 34.2 Å². The molecule has 0 aromatic heterocycles. The van der Waals surface area contributed by atoms with Gasteiger partial charge < -0.3 is 0 Å². The van der Waals surface area contributed by atoms with Gasteiger partial charge in [0.2, 0.25) is 0 Å². The standard InChI is InChI=1S/C17H18N2O2.C7H7O.Ru/c1-20-16-9-5-3-7-14(16)18-11-12-19(13-18)15-8-4-6-10-17(15)21-2;1-8-7-5-3-2-4-6-7;/h3-10H,11-12H2,1-2H3;2-5H,1H3;. The summed E-state index contributed by atoms with van der Waals surface area (Å²) in [7, 11) is 5.18. The number of para-hydroxylation sites is 5. The molecule has 3 aromatic rings. The Hall–Kier alpha value is -2.85. The summed E-state index contributed by atoms with van der Waals surface area (Å²) in [6.45, 7) is 1.75. The van der Waals surface area contributed by atoms with E-state index >= 15 is 0 Å². The van der Waals surface area contributed by atoms with Crippen molar-refractivity contribution in [3.05, 3.63) is 72.8 Å². The zero-order chi connectivity index (χ0) is 20.9. The molecule has 5 nitrogen and oxygen atoms in total. The van der Waals surface area contributed by atoms with Crippen molar-refractivity contribution in [3.63, 3.8) is 0 Å². The van der Waals surface area contributed by atoms with E-state index in [1.165, 1.54) is 8.51 Å². The maximum absolute atomic E-state index is 5.67. The molecule has 157 valence electrons. The van der Waals surface area contributed by atoms with Crippen molar-refractivity contribution in [1.82, 2.24) is 0 Å². The van der Waals surface area contributed by atoms with Crippen LogP contribution in [0.1, 0.15) is 0 Å². The van der Waals surface area contributed by atoms with Crippen LogP contribution in [0, 0.1) is 0 Å². The first-order valence-corrected chi connectivity index (χ1v) is 11.4. The molecule has 3 aromatic carbocycles. The summed E-state index contributed by atoms with van der Waals surface area (Å²) >= 11 is -0.311. The van der Waals surface area contributed by atoms with E-state index in [4.69, 9.17) is 14.2 Å². The second-order valence-electron chi connectivity index (χ2n) is 6.61. The molecule has 0 amide bonds. The van der Waals surface area contributed by atoms with Crippen LogP contribution in [0.4, 0.5) is 11.4 Å². The van der Waals surface area contributed by atoms with Crippen LogP contribution in [0.25, 0.3) is 0 Å². The predicted octanol–water partition coefficient (Wildman–Crippen LogP) is 3.53. The molecule has 0 N–H and O–H groups in total. The third kappa shape index (κ3) is 3.92. The van der Waals surface area contributed by atoms with Crippen molar-refractivity contribution in [3.8, 4) is 17.2 Å². The molecule has 1 aliphatic heterocycles. The van der Waals surface area contributed by atoms with E-state index in [1.807, 2.05) is 36.4 Å². The van der Waals surface area contributed by atoms with E-state index in [2.05, 4.69) is 46.2 Å². The first kappa shape index (κ1) is 20.4. The van der Waals surface area contributed by atoms with Crippen LogP contribution < -0.4 is 28.2 Å². The molecule has 6 heteroatoms. The van der Waals surface area contributed by atoms with Crippen molar-refractivity contribution in [1.29, 1.82) is 0 Å². The molecule has 1 saturated heterocycles. The van der Waals surface area contributed by atoms with Gasteiger partial charge in [0.15, 0.2) is 0 Å². The summed E-state index contributed by atoms with van der Waals surface area (Å²) < 4.78 is 19.5. The molecule has 0 saturated carbocycles. The van der Waals surface area contributed by atoms with Gasteiger partial charge in [-0.05, 0) is 0 Å².